The summed E-state index contributed by atoms with van der Waals surface area (Å²) >= 11 is 0. The third-order valence-corrected chi connectivity index (χ3v) is 2.68. The van der Waals surface area contributed by atoms with Crippen LogP contribution in [0.25, 0.3) is 0 Å². The van der Waals surface area contributed by atoms with E-state index in [-0.39, 0.29) is 5.91 Å². The van der Waals surface area contributed by atoms with Gasteiger partial charge in [-0.15, -0.1) is 0 Å². The lowest BCUT2D eigenvalue weighted by Crippen LogP contribution is -2.43. The number of amides is 1. The number of hydrogen-bond donors (Lipinski definition) is 3. The minimum atomic E-state index is -0.637. The standard InChI is InChI=1S/C10H20N2O2/c1-2-11-7-9(13)12-8-10(14)5-3-4-6-10/h11,14H,2-8H2,1H3,(H,12,13). The molecule has 1 aliphatic rings. The van der Waals surface area contributed by atoms with E-state index < -0.39 is 5.60 Å². The zero-order chi connectivity index (χ0) is 10.4. The predicted molar refractivity (Wildman–Crippen MR) is 55.0 cm³/mol. The Labute approximate surface area is 85.1 Å². The lowest BCUT2D eigenvalue weighted by atomic mass is 10.0. The monoisotopic (exact) mass is 200 g/mol. The molecule has 14 heavy (non-hydrogen) atoms. The number of aliphatic hydroxyl groups is 1. The summed E-state index contributed by atoms with van der Waals surface area (Å²) in [7, 11) is 0. The molecule has 1 amide bonds. The van der Waals surface area contributed by atoms with Crippen LogP contribution in [0.1, 0.15) is 32.6 Å². The Morgan fingerprint density at radius 2 is 2.07 bits per heavy atom. The van der Waals surface area contributed by atoms with Gasteiger partial charge in [-0.2, -0.15) is 0 Å². The smallest absolute Gasteiger partial charge is 0.234 e. The van der Waals surface area contributed by atoms with E-state index >= 15 is 0 Å². The molecular formula is C10H20N2O2. The molecule has 0 unspecified atom stereocenters. The summed E-state index contributed by atoms with van der Waals surface area (Å²) in [5.74, 6) is -0.0350. The number of rotatable bonds is 5. The van der Waals surface area contributed by atoms with Crippen LogP contribution in [0.5, 0.6) is 0 Å². The van der Waals surface area contributed by atoms with Gasteiger partial charge in [-0.3, -0.25) is 4.79 Å². The Morgan fingerprint density at radius 3 is 2.64 bits per heavy atom. The van der Waals surface area contributed by atoms with Gasteiger partial charge in [-0.1, -0.05) is 19.8 Å². The maximum absolute atomic E-state index is 11.2. The van der Waals surface area contributed by atoms with Crippen LogP contribution < -0.4 is 10.6 Å². The van der Waals surface area contributed by atoms with Gasteiger partial charge in [0.05, 0.1) is 12.1 Å². The van der Waals surface area contributed by atoms with Gasteiger partial charge in [0.25, 0.3) is 0 Å². The second-order valence-corrected chi connectivity index (χ2v) is 3.99. The van der Waals surface area contributed by atoms with E-state index in [1.807, 2.05) is 6.92 Å². The predicted octanol–water partition coefficient (Wildman–Crippen LogP) is 0.0172. The Morgan fingerprint density at radius 1 is 1.43 bits per heavy atom. The van der Waals surface area contributed by atoms with E-state index in [9.17, 15) is 9.90 Å². The largest absolute Gasteiger partial charge is 0.388 e. The van der Waals surface area contributed by atoms with Gasteiger partial charge in [0.2, 0.25) is 5.91 Å². The van der Waals surface area contributed by atoms with Crippen molar-refractivity contribution in [3.05, 3.63) is 0 Å². The Balaban J connectivity index is 2.15. The van der Waals surface area contributed by atoms with Gasteiger partial charge in [0, 0.05) is 6.54 Å². The third-order valence-electron chi connectivity index (χ3n) is 2.68. The first-order valence-electron chi connectivity index (χ1n) is 5.36. The second-order valence-electron chi connectivity index (χ2n) is 3.99. The molecule has 1 aliphatic carbocycles. The SMILES string of the molecule is CCNCC(=O)NCC1(O)CCCC1. The van der Waals surface area contributed by atoms with Crippen LogP contribution in [0, 0.1) is 0 Å². The highest BCUT2D eigenvalue weighted by atomic mass is 16.3. The van der Waals surface area contributed by atoms with E-state index in [1.54, 1.807) is 0 Å². The average Bonchev–Trinajstić information content (AvgIpc) is 2.60. The highest BCUT2D eigenvalue weighted by Crippen LogP contribution is 2.28. The van der Waals surface area contributed by atoms with Crippen molar-refractivity contribution in [3.63, 3.8) is 0 Å². The lowest BCUT2D eigenvalue weighted by molar-refractivity contribution is -0.121. The molecule has 0 heterocycles. The van der Waals surface area contributed by atoms with E-state index in [1.165, 1.54) is 0 Å². The molecule has 0 bridgehead atoms. The highest BCUT2D eigenvalue weighted by Gasteiger charge is 2.31. The van der Waals surface area contributed by atoms with Crippen LogP contribution in [0.3, 0.4) is 0 Å². The van der Waals surface area contributed by atoms with Gasteiger partial charge in [0.1, 0.15) is 0 Å². The molecule has 4 heteroatoms. The summed E-state index contributed by atoms with van der Waals surface area (Å²) in [6, 6.07) is 0. The molecule has 1 saturated carbocycles. The molecular weight excluding hydrogens is 180 g/mol. The van der Waals surface area contributed by atoms with Crippen LogP contribution in [0.15, 0.2) is 0 Å². The summed E-state index contributed by atoms with van der Waals surface area (Å²) in [6.45, 7) is 3.49. The fourth-order valence-corrected chi connectivity index (χ4v) is 1.77. The van der Waals surface area contributed by atoms with E-state index in [4.69, 9.17) is 0 Å². The van der Waals surface area contributed by atoms with Crippen LogP contribution in [0.4, 0.5) is 0 Å². The van der Waals surface area contributed by atoms with Crippen LogP contribution in [0.2, 0.25) is 0 Å². The van der Waals surface area contributed by atoms with Gasteiger partial charge < -0.3 is 15.7 Å². The first-order valence-corrected chi connectivity index (χ1v) is 5.36. The number of hydrogen-bond acceptors (Lipinski definition) is 3. The summed E-state index contributed by atoms with van der Waals surface area (Å²) in [4.78, 5) is 11.2. The third kappa shape index (κ3) is 3.64. The number of carbonyl (C=O) groups is 1. The Kier molecular flexibility index (Phi) is 4.35. The van der Waals surface area contributed by atoms with Crippen molar-refractivity contribution in [1.29, 1.82) is 0 Å². The zero-order valence-corrected chi connectivity index (χ0v) is 8.81. The van der Waals surface area contributed by atoms with Crippen molar-refractivity contribution in [2.45, 2.75) is 38.2 Å². The fourth-order valence-electron chi connectivity index (χ4n) is 1.77. The van der Waals surface area contributed by atoms with Crippen molar-refractivity contribution < 1.29 is 9.90 Å². The summed E-state index contributed by atoms with van der Waals surface area (Å²) < 4.78 is 0. The van der Waals surface area contributed by atoms with Gasteiger partial charge in [-0.25, -0.2) is 0 Å². The van der Waals surface area contributed by atoms with Crippen LogP contribution in [-0.2, 0) is 4.79 Å². The normalized spacial score (nSPS) is 19.6. The molecule has 0 aromatic rings. The van der Waals surface area contributed by atoms with Crippen molar-refractivity contribution >= 4 is 5.91 Å². The molecule has 0 aliphatic heterocycles. The Bertz CT molecular complexity index is 189. The summed E-state index contributed by atoms with van der Waals surface area (Å²) in [5, 5.41) is 15.6. The molecule has 0 radical (unpaired) electrons. The zero-order valence-electron chi connectivity index (χ0n) is 8.81. The number of nitrogens with one attached hydrogen (secondary N) is 2. The Hall–Kier alpha value is -0.610. The first kappa shape index (κ1) is 11.5. The van der Waals surface area contributed by atoms with Crippen LogP contribution >= 0.6 is 0 Å². The number of likely N-dealkylation sites (N-methyl/N-ethyl adjacent to an activating group) is 1. The molecule has 0 aromatic heterocycles. The maximum atomic E-state index is 11.2. The minimum absolute atomic E-state index is 0.0350. The molecule has 0 saturated heterocycles. The molecule has 0 atom stereocenters. The molecule has 4 nitrogen and oxygen atoms in total. The molecule has 0 spiro atoms. The second kappa shape index (κ2) is 5.32. The fraction of sp³-hybridized carbons (Fsp3) is 0.900. The molecule has 3 N–H and O–H groups in total. The van der Waals surface area contributed by atoms with Crippen molar-refractivity contribution in [2.75, 3.05) is 19.6 Å². The summed E-state index contributed by atoms with van der Waals surface area (Å²) in [6.07, 6.45) is 3.77. The topological polar surface area (TPSA) is 61.4 Å². The number of carbonyl (C=O) groups excluding carboxylic acids is 1. The van der Waals surface area contributed by atoms with Gasteiger partial charge >= 0.3 is 0 Å². The van der Waals surface area contributed by atoms with Crippen LogP contribution in [-0.4, -0.2) is 36.2 Å². The lowest BCUT2D eigenvalue weighted by Gasteiger charge is -2.22. The van der Waals surface area contributed by atoms with Gasteiger partial charge in [0.15, 0.2) is 0 Å². The van der Waals surface area contributed by atoms with Gasteiger partial charge in [-0.05, 0) is 19.4 Å². The molecule has 1 fully saturated rings. The van der Waals surface area contributed by atoms with Crippen molar-refractivity contribution in [3.8, 4) is 0 Å². The molecule has 82 valence electrons. The quantitative estimate of drug-likeness (QED) is 0.586. The minimum Gasteiger partial charge on any atom is -0.388 e. The first-order chi connectivity index (χ1) is 6.66. The molecule has 1 rings (SSSR count). The van der Waals surface area contributed by atoms with E-state index in [0.29, 0.717) is 13.1 Å². The van der Waals surface area contributed by atoms with Crippen molar-refractivity contribution in [2.24, 2.45) is 0 Å². The maximum Gasteiger partial charge on any atom is 0.234 e. The molecule has 0 aromatic carbocycles. The average molecular weight is 200 g/mol. The van der Waals surface area contributed by atoms with E-state index in [0.717, 1.165) is 32.2 Å². The van der Waals surface area contributed by atoms with E-state index in [2.05, 4.69) is 10.6 Å². The summed E-state index contributed by atoms with van der Waals surface area (Å²) in [5.41, 5.74) is -0.637. The highest BCUT2D eigenvalue weighted by molar-refractivity contribution is 5.78. The van der Waals surface area contributed by atoms with Crippen molar-refractivity contribution in [1.82, 2.24) is 10.6 Å².